The molecule has 3 rings (SSSR count). The summed E-state index contributed by atoms with van der Waals surface area (Å²) in [6, 6.07) is 9.71. The minimum absolute atomic E-state index is 0.243. The summed E-state index contributed by atoms with van der Waals surface area (Å²) < 4.78 is 5.40. The van der Waals surface area contributed by atoms with Crippen LogP contribution in [0.15, 0.2) is 48.8 Å². The van der Waals surface area contributed by atoms with Gasteiger partial charge < -0.3 is 10.1 Å². The summed E-state index contributed by atoms with van der Waals surface area (Å²) in [5, 5.41) is 3.39. The number of ether oxygens (including phenoxy) is 1. The number of amides is 1. The molecule has 1 heterocycles. The number of hydrogen-bond donors (Lipinski definition) is 1. The van der Waals surface area contributed by atoms with Crippen LogP contribution in [0.4, 0.5) is 5.69 Å². The number of nitrogens with zero attached hydrogens (tertiary/aromatic N) is 2. The number of fused-ring (bicyclic) bond motifs is 1. The summed E-state index contributed by atoms with van der Waals surface area (Å²) in [5.74, 6) is -1.15. The van der Waals surface area contributed by atoms with Gasteiger partial charge in [-0.1, -0.05) is 36.2 Å². The quantitative estimate of drug-likeness (QED) is 0.633. The van der Waals surface area contributed by atoms with Crippen molar-refractivity contribution >= 4 is 51.8 Å². The van der Waals surface area contributed by atoms with Crippen LogP contribution in [0.25, 0.3) is 11.0 Å². The van der Waals surface area contributed by atoms with Crippen LogP contribution in [0.3, 0.4) is 0 Å². The van der Waals surface area contributed by atoms with E-state index in [0.717, 1.165) is 0 Å². The molecule has 8 heteroatoms. The molecule has 0 saturated heterocycles. The highest BCUT2D eigenvalue weighted by Crippen LogP contribution is 2.26. The van der Waals surface area contributed by atoms with Gasteiger partial charge >= 0.3 is 5.97 Å². The maximum absolute atomic E-state index is 12.6. The van der Waals surface area contributed by atoms with E-state index in [9.17, 15) is 9.59 Å². The van der Waals surface area contributed by atoms with Crippen molar-refractivity contribution < 1.29 is 14.3 Å². The number of benzene rings is 2. The van der Waals surface area contributed by atoms with Crippen LogP contribution >= 0.6 is 23.2 Å². The molecule has 3 aromatic rings. The Morgan fingerprint density at radius 1 is 1.15 bits per heavy atom. The third-order valence-electron chi connectivity index (χ3n) is 3.82. The lowest BCUT2D eigenvalue weighted by molar-refractivity contribution is -0.124. The number of hydrogen-bond acceptors (Lipinski definition) is 5. The average molecular weight is 404 g/mol. The normalized spacial score (nSPS) is 11.8. The second-order valence-corrected chi connectivity index (χ2v) is 6.49. The van der Waals surface area contributed by atoms with E-state index >= 15 is 0 Å². The fraction of sp³-hybridized carbons (Fsp3) is 0.158. The summed E-state index contributed by atoms with van der Waals surface area (Å²) in [6.07, 6.45) is 2.31. The number of aromatic nitrogens is 2. The average Bonchev–Trinajstić information content (AvgIpc) is 2.68. The fourth-order valence-electron chi connectivity index (χ4n) is 2.48. The third kappa shape index (κ3) is 4.35. The lowest BCUT2D eigenvalue weighted by atomic mass is 10.1. The van der Waals surface area contributed by atoms with Gasteiger partial charge in [-0.3, -0.25) is 14.8 Å². The van der Waals surface area contributed by atoms with E-state index in [1.807, 2.05) is 0 Å². The molecule has 1 amide bonds. The number of halogens is 2. The van der Waals surface area contributed by atoms with Crippen molar-refractivity contribution in [2.24, 2.45) is 0 Å². The first-order valence-electron chi connectivity index (χ1n) is 8.16. The number of nitrogens with one attached hydrogen (secondary N) is 1. The van der Waals surface area contributed by atoms with Crippen molar-refractivity contribution in [2.75, 3.05) is 5.32 Å². The molecule has 1 atom stereocenters. The van der Waals surface area contributed by atoms with Crippen LogP contribution in [0.5, 0.6) is 0 Å². The topological polar surface area (TPSA) is 81.2 Å². The van der Waals surface area contributed by atoms with Gasteiger partial charge in [0.25, 0.3) is 5.91 Å². The maximum atomic E-state index is 12.6. The zero-order chi connectivity index (χ0) is 19.4. The lowest BCUT2D eigenvalue weighted by Crippen LogP contribution is -2.32. The lowest BCUT2D eigenvalue weighted by Gasteiger charge is -2.17. The Hall–Kier alpha value is -2.70. The van der Waals surface area contributed by atoms with Crippen molar-refractivity contribution in [3.8, 4) is 0 Å². The highest BCUT2D eigenvalue weighted by Gasteiger charge is 2.24. The molecule has 6 nitrogen and oxygen atoms in total. The molecule has 0 radical (unpaired) electrons. The molecular formula is C19H15Cl2N3O3. The van der Waals surface area contributed by atoms with E-state index in [4.69, 9.17) is 27.9 Å². The number of carbonyl (C=O) groups excluding carboxylic acids is 2. The van der Waals surface area contributed by atoms with E-state index < -0.39 is 18.0 Å². The van der Waals surface area contributed by atoms with Gasteiger partial charge in [-0.25, -0.2) is 4.79 Å². The van der Waals surface area contributed by atoms with Gasteiger partial charge in [0.2, 0.25) is 0 Å². The molecule has 2 aromatic carbocycles. The predicted molar refractivity (Wildman–Crippen MR) is 104 cm³/mol. The standard InChI is InChI=1S/C19H15Cl2N3O3/c1-2-16(18(25)24-15-10-11(20)6-7-13(15)21)27-19(26)12-4-3-5-14-17(12)23-9-8-22-14/h3-10,16H,2H2,1H3,(H,24,25). The van der Waals surface area contributed by atoms with Crippen LogP contribution in [-0.4, -0.2) is 27.9 Å². The van der Waals surface area contributed by atoms with Crippen molar-refractivity contribution in [3.05, 3.63) is 64.4 Å². The maximum Gasteiger partial charge on any atom is 0.341 e. The first-order chi connectivity index (χ1) is 13.0. The highest BCUT2D eigenvalue weighted by molar-refractivity contribution is 6.35. The number of para-hydroxylation sites is 1. The molecular weight excluding hydrogens is 389 g/mol. The van der Waals surface area contributed by atoms with Gasteiger partial charge in [0.05, 0.1) is 21.8 Å². The summed E-state index contributed by atoms with van der Waals surface area (Å²) >= 11 is 12.0. The smallest absolute Gasteiger partial charge is 0.341 e. The molecule has 0 saturated carbocycles. The zero-order valence-electron chi connectivity index (χ0n) is 14.3. The largest absolute Gasteiger partial charge is 0.449 e. The molecule has 0 spiro atoms. The molecule has 27 heavy (non-hydrogen) atoms. The predicted octanol–water partition coefficient (Wildman–Crippen LogP) is 4.51. The second kappa shape index (κ2) is 8.33. The van der Waals surface area contributed by atoms with Crippen LogP contribution in [-0.2, 0) is 9.53 Å². The van der Waals surface area contributed by atoms with Gasteiger partial charge in [0, 0.05) is 17.4 Å². The summed E-state index contributed by atoms with van der Waals surface area (Å²) in [4.78, 5) is 33.4. The Kier molecular flexibility index (Phi) is 5.88. The van der Waals surface area contributed by atoms with Crippen LogP contribution in [0, 0.1) is 0 Å². The molecule has 0 bridgehead atoms. The molecule has 0 fully saturated rings. The minimum Gasteiger partial charge on any atom is -0.449 e. The molecule has 138 valence electrons. The summed E-state index contributed by atoms with van der Waals surface area (Å²) in [5.41, 5.74) is 1.57. The van der Waals surface area contributed by atoms with E-state index in [2.05, 4.69) is 15.3 Å². The molecule has 1 unspecified atom stereocenters. The highest BCUT2D eigenvalue weighted by atomic mass is 35.5. The molecule has 0 aliphatic heterocycles. The van der Waals surface area contributed by atoms with Crippen molar-refractivity contribution in [1.82, 2.24) is 9.97 Å². The Balaban J connectivity index is 1.78. The van der Waals surface area contributed by atoms with Crippen LogP contribution in [0.1, 0.15) is 23.7 Å². The second-order valence-electron chi connectivity index (χ2n) is 5.65. The molecule has 0 aliphatic carbocycles. The van der Waals surface area contributed by atoms with Crippen LogP contribution < -0.4 is 5.32 Å². The summed E-state index contributed by atoms with van der Waals surface area (Å²) in [6.45, 7) is 1.74. The van der Waals surface area contributed by atoms with Crippen molar-refractivity contribution in [1.29, 1.82) is 0 Å². The van der Waals surface area contributed by atoms with E-state index in [0.29, 0.717) is 26.8 Å². The van der Waals surface area contributed by atoms with E-state index in [1.165, 1.54) is 18.5 Å². The minimum atomic E-state index is -1.00. The zero-order valence-corrected chi connectivity index (χ0v) is 15.8. The molecule has 1 N–H and O–H groups in total. The summed E-state index contributed by atoms with van der Waals surface area (Å²) in [7, 11) is 0. The van der Waals surface area contributed by atoms with Gasteiger partial charge in [0.15, 0.2) is 6.10 Å². The number of anilines is 1. The molecule has 1 aromatic heterocycles. The Morgan fingerprint density at radius 3 is 2.70 bits per heavy atom. The Bertz CT molecular complexity index is 1010. The third-order valence-corrected chi connectivity index (χ3v) is 4.38. The number of carbonyl (C=O) groups is 2. The van der Waals surface area contributed by atoms with Gasteiger partial charge in [0.1, 0.15) is 5.52 Å². The SMILES string of the molecule is CCC(OC(=O)c1cccc2nccnc12)C(=O)Nc1cc(Cl)ccc1Cl. The Morgan fingerprint density at radius 2 is 1.93 bits per heavy atom. The van der Waals surface area contributed by atoms with Crippen molar-refractivity contribution in [3.63, 3.8) is 0 Å². The van der Waals surface area contributed by atoms with Crippen LogP contribution in [0.2, 0.25) is 10.0 Å². The number of rotatable bonds is 5. The van der Waals surface area contributed by atoms with Crippen molar-refractivity contribution in [2.45, 2.75) is 19.4 Å². The monoisotopic (exact) mass is 403 g/mol. The van der Waals surface area contributed by atoms with E-state index in [-0.39, 0.29) is 12.0 Å². The Labute approximate surface area is 165 Å². The van der Waals surface area contributed by atoms with Gasteiger partial charge in [-0.2, -0.15) is 0 Å². The fourth-order valence-corrected chi connectivity index (χ4v) is 2.82. The van der Waals surface area contributed by atoms with Gasteiger partial charge in [-0.05, 0) is 36.8 Å². The first kappa shape index (κ1) is 19.1. The number of esters is 1. The van der Waals surface area contributed by atoms with E-state index in [1.54, 1.807) is 37.3 Å². The molecule has 0 aliphatic rings. The van der Waals surface area contributed by atoms with Gasteiger partial charge in [-0.15, -0.1) is 0 Å². The first-order valence-corrected chi connectivity index (χ1v) is 8.91.